The summed E-state index contributed by atoms with van der Waals surface area (Å²) in [6, 6.07) is 4.83. The van der Waals surface area contributed by atoms with Crippen molar-refractivity contribution in [2.75, 3.05) is 18.2 Å². The number of nitrogens with one attached hydrogen (secondary N) is 1. The number of ether oxygens (including phenoxy) is 1. The van der Waals surface area contributed by atoms with Crippen LogP contribution in [0.25, 0.3) is 5.57 Å². The lowest BCUT2D eigenvalue weighted by molar-refractivity contribution is -0.137. The molecule has 8 heteroatoms. The van der Waals surface area contributed by atoms with E-state index in [1.807, 2.05) is 6.92 Å². The van der Waals surface area contributed by atoms with Crippen LogP contribution in [-0.2, 0) is 15.7 Å². The number of halogens is 3. The highest BCUT2D eigenvalue weighted by atomic mass is 32.2. The van der Waals surface area contributed by atoms with E-state index in [2.05, 4.69) is 5.32 Å². The van der Waals surface area contributed by atoms with Crippen LogP contribution in [0.1, 0.15) is 25.0 Å². The van der Waals surface area contributed by atoms with Crippen LogP contribution < -0.4 is 5.32 Å². The number of carbonyl (C=O) groups excluding carboxylic acids is 1. The van der Waals surface area contributed by atoms with E-state index < -0.39 is 11.7 Å². The van der Waals surface area contributed by atoms with Gasteiger partial charge in [0.1, 0.15) is 6.26 Å². The van der Waals surface area contributed by atoms with Crippen molar-refractivity contribution < 1.29 is 22.7 Å². The summed E-state index contributed by atoms with van der Waals surface area (Å²) < 4.78 is 44.1. The van der Waals surface area contributed by atoms with Gasteiger partial charge >= 0.3 is 6.18 Å². The molecule has 0 amide bonds. The van der Waals surface area contributed by atoms with Crippen LogP contribution in [0, 0.1) is 0 Å². The van der Waals surface area contributed by atoms with Crippen molar-refractivity contribution in [3.63, 3.8) is 0 Å². The molecule has 0 radical (unpaired) electrons. The average molecular weight is 389 g/mol. The maximum Gasteiger partial charge on any atom is 0.416 e. The first kappa shape index (κ1) is 19.8. The Kier molecular flexibility index (Phi) is 6.89. The standard InChI is InChI=1S/C17H18F3NO2S2/c1-3-23-9-13-15(22)14(16(25-13)21-10-24-4-2)11-6-5-7-12(8-11)17(18,19)20/h5-9,21H,3-4,10H2,1-2H3/b13-9-. The lowest BCUT2D eigenvalue weighted by Gasteiger charge is -2.11. The number of thioether (sulfide) groups is 2. The number of allylic oxidation sites excluding steroid dienone is 2. The van der Waals surface area contributed by atoms with Crippen molar-refractivity contribution in [3.05, 3.63) is 51.6 Å². The predicted molar refractivity (Wildman–Crippen MR) is 96.8 cm³/mol. The maximum absolute atomic E-state index is 13.0. The van der Waals surface area contributed by atoms with Gasteiger partial charge in [0.05, 0.1) is 33.6 Å². The monoisotopic (exact) mass is 389 g/mol. The molecule has 0 unspecified atom stereocenters. The fraction of sp³-hybridized carbons (Fsp3) is 0.353. The molecule has 25 heavy (non-hydrogen) atoms. The van der Waals surface area contributed by atoms with Crippen molar-refractivity contribution in [3.8, 4) is 0 Å². The largest absolute Gasteiger partial charge is 0.500 e. The van der Waals surface area contributed by atoms with E-state index in [0.29, 0.717) is 22.4 Å². The summed E-state index contributed by atoms with van der Waals surface area (Å²) in [5.74, 6) is 1.12. The van der Waals surface area contributed by atoms with Gasteiger partial charge < -0.3 is 10.1 Å². The Morgan fingerprint density at radius 2 is 2.08 bits per heavy atom. The zero-order valence-corrected chi connectivity index (χ0v) is 15.4. The zero-order chi connectivity index (χ0) is 18.4. The van der Waals surface area contributed by atoms with Crippen LogP contribution in [-0.4, -0.2) is 24.0 Å². The van der Waals surface area contributed by atoms with Crippen LogP contribution >= 0.6 is 23.5 Å². The van der Waals surface area contributed by atoms with E-state index in [9.17, 15) is 18.0 Å². The highest BCUT2D eigenvalue weighted by Crippen LogP contribution is 2.42. The van der Waals surface area contributed by atoms with E-state index in [4.69, 9.17) is 4.74 Å². The molecule has 0 fully saturated rings. The minimum atomic E-state index is -4.46. The first-order valence-corrected chi connectivity index (χ1v) is 9.63. The smallest absolute Gasteiger partial charge is 0.416 e. The predicted octanol–water partition coefficient (Wildman–Crippen LogP) is 4.87. The lowest BCUT2D eigenvalue weighted by Crippen LogP contribution is -2.12. The quantitative estimate of drug-likeness (QED) is 0.312. The number of carbonyl (C=O) groups is 1. The van der Waals surface area contributed by atoms with Crippen LogP contribution in [0.3, 0.4) is 0 Å². The Morgan fingerprint density at radius 1 is 1.32 bits per heavy atom. The molecule has 0 atom stereocenters. The van der Waals surface area contributed by atoms with Crippen molar-refractivity contribution in [2.24, 2.45) is 0 Å². The SMILES string of the molecule is CCO/C=C1\SC(NCSCC)=C(c2cccc(C(F)(F)F)c2)C1=O. The van der Waals surface area contributed by atoms with Gasteiger partial charge in [0.2, 0.25) is 5.78 Å². The molecule has 1 aromatic carbocycles. The van der Waals surface area contributed by atoms with Gasteiger partial charge in [-0.15, -0.1) is 11.8 Å². The topological polar surface area (TPSA) is 38.3 Å². The Bertz CT molecular complexity index is 699. The van der Waals surface area contributed by atoms with Crippen LogP contribution in [0.15, 0.2) is 40.5 Å². The molecule has 136 valence electrons. The molecule has 0 bridgehead atoms. The fourth-order valence-corrected chi connectivity index (χ4v) is 3.66. The molecule has 1 aliphatic rings. The molecule has 1 N–H and O–H groups in total. The highest BCUT2D eigenvalue weighted by Gasteiger charge is 2.34. The molecule has 0 aliphatic carbocycles. The molecule has 3 nitrogen and oxygen atoms in total. The van der Waals surface area contributed by atoms with Crippen molar-refractivity contribution >= 4 is 34.9 Å². The number of rotatable bonds is 7. The Hall–Kier alpha value is -1.54. The molecule has 1 heterocycles. The third-order valence-corrected chi connectivity index (χ3v) is 5.08. The second-order valence-electron chi connectivity index (χ2n) is 4.97. The number of Topliss-reactive ketones (excluding diaryl/α,β-unsaturated/α-hetero) is 1. The van der Waals surface area contributed by atoms with Crippen molar-refractivity contribution in [2.45, 2.75) is 20.0 Å². The highest BCUT2D eigenvalue weighted by molar-refractivity contribution is 8.08. The van der Waals surface area contributed by atoms with E-state index >= 15 is 0 Å². The average Bonchev–Trinajstić information content (AvgIpc) is 2.88. The van der Waals surface area contributed by atoms with Gasteiger partial charge in [-0.1, -0.05) is 30.8 Å². The molecule has 0 aromatic heterocycles. The Morgan fingerprint density at radius 3 is 2.72 bits per heavy atom. The van der Waals surface area contributed by atoms with E-state index in [0.717, 1.165) is 17.9 Å². The molecular weight excluding hydrogens is 371 g/mol. The van der Waals surface area contributed by atoms with Gasteiger partial charge in [-0.3, -0.25) is 4.79 Å². The number of hydrogen-bond acceptors (Lipinski definition) is 5. The summed E-state index contributed by atoms with van der Waals surface area (Å²) in [5, 5.41) is 3.69. The Balaban J connectivity index is 2.40. The minimum Gasteiger partial charge on any atom is -0.500 e. The number of ketones is 1. The molecule has 1 aromatic rings. The summed E-state index contributed by atoms with van der Waals surface area (Å²) in [6.07, 6.45) is -3.09. The van der Waals surface area contributed by atoms with E-state index in [1.54, 1.807) is 18.7 Å². The minimum absolute atomic E-state index is 0.247. The van der Waals surface area contributed by atoms with Crippen molar-refractivity contribution in [1.82, 2.24) is 5.32 Å². The first-order valence-electron chi connectivity index (χ1n) is 7.66. The van der Waals surface area contributed by atoms with Crippen LogP contribution in [0.2, 0.25) is 0 Å². The number of hydrogen-bond donors (Lipinski definition) is 1. The maximum atomic E-state index is 13.0. The first-order chi connectivity index (χ1) is 11.9. The summed E-state index contributed by atoms with van der Waals surface area (Å²) in [6.45, 7) is 4.20. The van der Waals surface area contributed by atoms with E-state index in [1.165, 1.54) is 30.2 Å². The fourth-order valence-electron chi connectivity index (χ4n) is 2.13. The van der Waals surface area contributed by atoms with E-state index in [-0.39, 0.29) is 16.9 Å². The normalized spacial score (nSPS) is 16.7. The summed E-state index contributed by atoms with van der Waals surface area (Å²) >= 11 is 2.81. The third-order valence-electron chi connectivity index (χ3n) is 3.26. The van der Waals surface area contributed by atoms with Gasteiger partial charge in [0.15, 0.2) is 0 Å². The molecule has 0 saturated carbocycles. The lowest BCUT2D eigenvalue weighted by atomic mass is 10.00. The van der Waals surface area contributed by atoms with Gasteiger partial charge in [0.25, 0.3) is 0 Å². The summed E-state index contributed by atoms with van der Waals surface area (Å²) in [5.41, 5.74) is -0.283. The second kappa shape index (κ2) is 8.71. The third kappa shape index (κ3) is 4.98. The van der Waals surface area contributed by atoms with Crippen LogP contribution in [0.4, 0.5) is 13.2 Å². The summed E-state index contributed by atoms with van der Waals surface area (Å²) in [7, 11) is 0. The van der Waals surface area contributed by atoms with Crippen LogP contribution in [0.5, 0.6) is 0 Å². The molecule has 0 spiro atoms. The molecule has 1 aliphatic heterocycles. The van der Waals surface area contributed by atoms with Gasteiger partial charge in [-0.05, 0) is 30.4 Å². The molecule has 0 saturated heterocycles. The molecular formula is C17H18F3NO2S2. The number of benzene rings is 1. The summed E-state index contributed by atoms with van der Waals surface area (Å²) in [4.78, 5) is 13.0. The van der Waals surface area contributed by atoms with Crippen molar-refractivity contribution in [1.29, 1.82) is 0 Å². The molecule has 2 rings (SSSR count). The van der Waals surface area contributed by atoms with Gasteiger partial charge in [0, 0.05) is 0 Å². The Labute approximate surface area is 153 Å². The van der Waals surface area contributed by atoms with Gasteiger partial charge in [-0.2, -0.15) is 13.2 Å². The number of alkyl halides is 3. The van der Waals surface area contributed by atoms with Gasteiger partial charge in [-0.25, -0.2) is 0 Å². The second-order valence-corrected chi connectivity index (χ2v) is 7.29. The zero-order valence-electron chi connectivity index (χ0n) is 13.8.